The Balaban J connectivity index is 3.34. The Hall–Kier alpha value is -1.32. The van der Waals surface area contributed by atoms with Crippen molar-refractivity contribution in [3.05, 3.63) is 22.2 Å². The van der Waals surface area contributed by atoms with Gasteiger partial charge in [0.1, 0.15) is 0 Å². The zero-order valence-electron chi connectivity index (χ0n) is 7.59. The maximum atomic E-state index is 11.5. The fourth-order valence-electron chi connectivity index (χ4n) is 1.14. The first-order valence-electron chi connectivity index (χ1n) is 3.95. The van der Waals surface area contributed by atoms with Crippen molar-refractivity contribution in [1.29, 1.82) is 0 Å². The van der Waals surface area contributed by atoms with Crippen molar-refractivity contribution >= 4 is 5.82 Å². The van der Waals surface area contributed by atoms with Gasteiger partial charge in [0.25, 0.3) is 5.56 Å². The van der Waals surface area contributed by atoms with Crippen LogP contribution in [0.3, 0.4) is 0 Å². The smallest absolute Gasteiger partial charge is 0.293 e. The van der Waals surface area contributed by atoms with Crippen molar-refractivity contribution in [3.63, 3.8) is 0 Å². The lowest BCUT2D eigenvalue weighted by Gasteiger charge is -2.07. The van der Waals surface area contributed by atoms with Crippen molar-refractivity contribution in [2.45, 2.75) is 20.4 Å². The Kier molecular flexibility index (Phi) is 2.47. The van der Waals surface area contributed by atoms with Gasteiger partial charge in [-0.2, -0.15) is 0 Å². The van der Waals surface area contributed by atoms with Crippen molar-refractivity contribution in [2.24, 2.45) is 0 Å². The van der Waals surface area contributed by atoms with Gasteiger partial charge in [0.15, 0.2) is 5.82 Å². The monoisotopic (exact) mass is 167 g/mol. The molecule has 0 radical (unpaired) electrons. The summed E-state index contributed by atoms with van der Waals surface area (Å²) < 4.78 is 1.68. The highest BCUT2D eigenvalue weighted by molar-refractivity contribution is 5.30. The van der Waals surface area contributed by atoms with Gasteiger partial charge in [-0.1, -0.05) is 0 Å². The van der Waals surface area contributed by atoms with E-state index >= 15 is 0 Å². The Morgan fingerprint density at radius 2 is 2.33 bits per heavy atom. The van der Waals surface area contributed by atoms with E-state index in [2.05, 4.69) is 10.3 Å². The van der Waals surface area contributed by atoms with Gasteiger partial charge in [0, 0.05) is 25.5 Å². The summed E-state index contributed by atoms with van der Waals surface area (Å²) in [7, 11) is 1.69. The second-order valence-corrected chi connectivity index (χ2v) is 2.55. The molecule has 1 rings (SSSR count). The van der Waals surface area contributed by atoms with Crippen LogP contribution in [0.4, 0.5) is 5.82 Å². The summed E-state index contributed by atoms with van der Waals surface area (Å²) in [5.41, 5.74) is 0.835. The molecular formula is C8H13N3O. The highest BCUT2D eigenvalue weighted by Crippen LogP contribution is 1.96. The SMILES string of the molecule is CCn1c(C)cnc(NC)c1=O. The molecule has 0 atom stereocenters. The molecule has 1 aromatic heterocycles. The molecule has 0 saturated carbocycles. The Bertz CT molecular complexity index is 330. The standard InChI is InChI=1S/C8H13N3O/c1-4-11-6(2)5-10-7(9-3)8(11)12/h5H,4H2,1-3H3,(H,9,10). The fourth-order valence-corrected chi connectivity index (χ4v) is 1.14. The molecule has 0 fully saturated rings. The lowest BCUT2D eigenvalue weighted by Crippen LogP contribution is -2.24. The van der Waals surface area contributed by atoms with E-state index in [0.29, 0.717) is 12.4 Å². The number of rotatable bonds is 2. The van der Waals surface area contributed by atoms with E-state index < -0.39 is 0 Å². The molecule has 66 valence electrons. The summed E-state index contributed by atoms with van der Waals surface area (Å²) in [6, 6.07) is 0. The van der Waals surface area contributed by atoms with E-state index in [0.717, 1.165) is 5.69 Å². The number of hydrogen-bond acceptors (Lipinski definition) is 3. The summed E-state index contributed by atoms with van der Waals surface area (Å²) in [6.07, 6.45) is 1.69. The molecule has 0 aromatic carbocycles. The summed E-state index contributed by atoms with van der Waals surface area (Å²) in [5, 5.41) is 2.75. The number of anilines is 1. The molecule has 0 spiro atoms. The van der Waals surface area contributed by atoms with E-state index in [4.69, 9.17) is 0 Å². The van der Waals surface area contributed by atoms with E-state index in [9.17, 15) is 4.79 Å². The molecule has 1 heterocycles. The van der Waals surface area contributed by atoms with Crippen LogP contribution in [0.15, 0.2) is 11.0 Å². The van der Waals surface area contributed by atoms with Crippen LogP contribution in [0.2, 0.25) is 0 Å². The molecule has 0 unspecified atom stereocenters. The van der Waals surface area contributed by atoms with Crippen molar-refractivity contribution in [3.8, 4) is 0 Å². The van der Waals surface area contributed by atoms with Crippen LogP contribution >= 0.6 is 0 Å². The predicted molar refractivity (Wildman–Crippen MR) is 48.5 cm³/mol. The minimum atomic E-state index is -0.0556. The van der Waals surface area contributed by atoms with Crippen LogP contribution in [0.5, 0.6) is 0 Å². The average molecular weight is 167 g/mol. The first-order valence-corrected chi connectivity index (χ1v) is 3.95. The molecule has 4 nitrogen and oxygen atoms in total. The zero-order chi connectivity index (χ0) is 9.14. The first-order chi connectivity index (χ1) is 5.70. The quantitative estimate of drug-likeness (QED) is 0.702. The molecule has 0 aliphatic carbocycles. The third kappa shape index (κ3) is 1.32. The van der Waals surface area contributed by atoms with Gasteiger partial charge in [-0.25, -0.2) is 4.98 Å². The highest BCUT2D eigenvalue weighted by atomic mass is 16.1. The number of aromatic nitrogens is 2. The van der Waals surface area contributed by atoms with Crippen molar-refractivity contribution < 1.29 is 0 Å². The normalized spacial score (nSPS) is 9.92. The molecule has 4 heteroatoms. The lowest BCUT2D eigenvalue weighted by atomic mass is 10.4. The fraction of sp³-hybridized carbons (Fsp3) is 0.500. The van der Waals surface area contributed by atoms with Crippen LogP contribution in [0.1, 0.15) is 12.6 Å². The number of nitrogens with one attached hydrogen (secondary N) is 1. The van der Waals surface area contributed by atoms with Gasteiger partial charge in [0.05, 0.1) is 0 Å². The highest BCUT2D eigenvalue weighted by Gasteiger charge is 2.03. The Morgan fingerprint density at radius 1 is 1.67 bits per heavy atom. The van der Waals surface area contributed by atoms with Gasteiger partial charge < -0.3 is 9.88 Å². The molecule has 12 heavy (non-hydrogen) atoms. The second kappa shape index (κ2) is 3.38. The Labute approximate surface area is 71.3 Å². The van der Waals surface area contributed by atoms with Crippen LogP contribution in [-0.2, 0) is 6.54 Å². The van der Waals surface area contributed by atoms with E-state index in [-0.39, 0.29) is 5.56 Å². The van der Waals surface area contributed by atoms with Gasteiger partial charge in [-0.05, 0) is 13.8 Å². The van der Waals surface area contributed by atoms with E-state index in [1.54, 1.807) is 17.8 Å². The number of hydrogen-bond donors (Lipinski definition) is 1. The molecule has 0 aliphatic rings. The number of aryl methyl sites for hydroxylation is 1. The predicted octanol–water partition coefficient (Wildman–Crippen LogP) is 0.613. The van der Waals surface area contributed by atoms with Gasteiger partial charge in [-0.15, -0.1) is 0 Å². The average Bonchev–Trinajstić information content (AvgIpc) is 2.06. The molecule has 1 aromatic rings. The second-order valence-electron chi connectivity index (χ2n) is 2.55. The van der Waals surface area contributed by atoms with E-state index in [1.807, 2.05) is 13.8 Å². The largest absolute Gasteiger partial charge is 0.369 e. The van der Waals surface area contributed by atoms with Crippen molar-refractivity contribution in [1.82, 2.24) is 9.55 Å². The minimum Gasteiger partial charge on any atom is -0.369 e. The summed E-state index contributed by atoms with van der Waals surface area (Å²) in [5.74, 6) is 0.405. The minimum absolute atomic E-state index is 0.0556. The lowest BCUT2D eigenvalue weighted by molar-refractivity contribution is 0.693. The Morgan fingerprint density at radius 3 is 2.83 bits per heavy atom. The third-order valence-corrected chi connectivity index (χ3v) is 1.81. The summed E-state index contributed by atoms with van der Waals surface area (Å²) in [4.78, 5) is 15.5. The molecule has 0 saturated heterocycles. The maximum Gasteiger partial charge on any atom is 0.293 e. The number of nitrogens with zero attached hydrogens (tertiary/aromatic N) is 2. The molecule has 0 aliphatic heterocycles. The topological polar surface area (TPSA) is 46.9 Å². The van der Waals surface area contributed by atoms with Gasteiger partial charge in [-0.3, -0.25) is 4.79 Å². The maximum absolute atomic E-state index is 11.5. The van der Waals surface area contributed by atoms with Gasteiger partial charge >= 0.3 is 0 Å². The van der Waals surface area contributed by atoms with E-state index in [1.165, 1.54) is 0 Å². The summed E-state index contributed by atoms with van der Waals surface area (Å²) in [6.45, 7) is 4.49. The first kappa shape index (κ1) is 8.77. The van der Waals surface area contributed by atoms with Crippen LogP contribution < -0.4 is 10.9 Å². The third-order valence-electron chi connectivity index (χ3n) is 1.81. The molecule has 1 N–H and O–H groups in total. The van der Waals surface area contributed by atoms with Crippen LogP contribution in [0.25, 0.3) is 0 Å². The summed E-state index contributed by atoms with van der Waals surface area (Å²) >= 11 is 0. The van der Waals surface area contributed by atoms with Crippen LogP contribution in [-0.4, -0.2) is 16.6 Å². The van der Waals surface area contributed by atoms with Crippen LogP contribution in [0, 0.1) is 6.92 Å². The molecule has 0 bridgehead atoms. The van der Waals surface area contributed by atoms with Crippen molar-refractivity contribution in [2.75, 3.05) is 12.4 Å². The van der Waals surface area contributed by atoms with Gasteiger partial charge in [0.2, 0.25) is 0 Å². The molecule has 0 amide bonds. The molecular weight excluding hydrogens is 154 g/mol. The zero-order valence-corrected chi connectivity index (χ0v) is 7.59.